The molecule has 30 heavy (non-hydrogen) atoms. The molecule has 0 spiro atoms. The van der Waals surface area contributed by atoms with Gasteiger partial charge in [0.05, 0.1) is 13.7 Å². The molecule has 1 aliphatic rings. The highest BCUT2D eigenvalue weighted by Crippen LogP contribution is 2.28. The minimum Gasteiger partial charge on any atom is -0.493 e. The number of terminal acetylenes is 1. The fraction of sp³-hybridized carbons (Fsp3) is 0.375. The molecule has 6 nitrogen and oxygen atoms in total. The van der Waals surface area contributed by atoms with Gasteiger partial charge in [-0.15, -0.1) is 6.42 Å². The lowest BCUT2D eigenvalue weighted by Gasteiger charge is -2.32. The van der Waals surface area contributed by atoms with Gasteiger partial charge in [0.25, 0.3) is 0 Å². The quantitative estimate of drug-likeness (QED) is 0.677. The highest BCUT2D eigenvalue weighted by atomic mass is 16.5. The van der Waals surface area contributed by atoms with Crippen LogP contribution in [0.4, 0.5) is 4.79 Å². The van der Waals surface area contributed by atoms with E-state index in [0.29, 0.717) is 30.6 Å². The molecule has 0 radical (unpaired) electrons. The molecule has 3 rings (SSSR count). The van der Waals surface area contributed by atoms with Crippen molar-refractivity contribution in [2.45, 2.75) is 19.4 Å². The number of likely N-dealkylation sites (tertiary alicyclic amines) is 1. The molecule has 2 amide bonds. The van der Waals surface area contributed by atoms with Crippen LogP contribution in [-0.4, -0.2) is 44.3 Å². The van der Waals surface area contributed by atoms with Crippen molar-refractivity contribution >= 4 is 6.03 Å². The van der Waals surface area contributed by atoms with Crippen molar-refractivity contribution in [3.05, 3.63) is 54.1 Å². The van der Waals surface area contributed by atoms with Crippen molar-refractivity contribution in [3.8, 4) is 29.6 Å². The predicted octanol–water partition coefficient (Wildman–Crippen LogP) is 3.71. The third kappa shape index (κ3) is 6.08. The number of ether oxygens (including phenoxy) is 3. The van der Waals surface area contributed by atoms with Crippen LogP contribution in [0.15, 0.2) is 48.5 Å². The predicted molar refractivity (Wildman–Crippen MR) is 116 cm³/mol. The van der Waals surface area contributed by atoms with Crippen molar-refractivity contribution in [2.24, 2.45) is 5.92 Å². The number of amides is 2. The summed E-state index contributed by atoms with van der Waals surface area (Å²) in [4.78, 5) is 14.4. The molecule has 1 aliphatic heterocycles. The number of para-hydroxylation sites is 1. The highest BCUT2D eigenvalue weighted by molar-refractivity contribution is 5.74. The normalized spacial score (nSPS) is 13.9. The Morgan fingerprint density at radius 1 is 1.13 bits per heavy atom. The van der Waals surface area contributed by atoms with Crippen LogP contribution < -0.4 is 19.5 Å². The van der Waals surface area contributed by atoms with E-state index >= 15 is 0 Å². The van der Waals surface area contributed by atoms with Gasteiger partial charge in [-0.3, -0.25) is 0 Å². The van der Waals surface area contributed by atoms with E-state index in [9.17, 15) is 4.79 Å². The molecule has 158 valence electrons. The van der Waals surface area contributed by atoms with Gasteiger partial charge in [0.15, 0.2) is 11.5 Å². The zero-order valence-electron chi connectivity index (χ0n) is 17.3. The zero-order chi connectivity index (χ0) is 21.2. The average Bonchev–Trinajstić information content (AvgIpc) is 2.81. The van der Waals surface area contributed by atoms with Gasteiger partial charge in [-0.05, 0) is 48.6 Å². The van der Waals surface area contributed by atoms with Crippen LogP contribution in [0.5, 0.6) is 17.2 Å². The van der Waals surface area contributed by atoms with Gasteiger partial charge < -0.3 is 24.4 Å². The van der Waals surface area contributed by atoms with E-state index in [1.165, 1.54) is 0 Å². The summed E-state index contributed by atoms with van der Waals surface area (Å²) >= 11 is 0. The van der Waals surface area contributed by atoms with Crippen LogP contribution >= 0.6 is 0 Å². The van der Waals surface area contributed by atoms with Crippen molar-refractivity contribution < 1.29 is 19.0 Å². The summed E-state index contributed by atoms with van der Waals surface area (Å²) in [6.07, 6.45) is 7.13. The fourth-order valence-electron chi connectivity index (χ4n) is 3.39. The lowest BCUT2D eigenvalue weighted by molar-refractivity contribution is 0.145. The second kappa shape index (κ2) is 11.0. The Morgan fingerprint density at radius 3 is 2.60 bits per heavy atom. The number of piperidine rings is 1. The lowest BCUT2D eigenvalue weighted by Crippen LogP contribution is -2.44. The van der Waals surface area contributed by atoms with Crippen LogP contribution in [-0.2, 0) is 6.54 Å². The molecule has 2 aromatic rings. The molecule has 0 saturated carbocycles. The minimum absolute atomic E-state index is 0.0562. The Hall–Kier alpha value is -3.33. The lowest BCUT2D eigenvalue weighted by atomic mass is 9.98. The third-order valence-corrected chi connectivity index (χ3v) is 5.11. The van der Waals surface area contributed by atoms with Gasteiger partial charge in [0.1, 0.15) is 12.4 Å². The van der Waals surface area contributed by atoms with E-state index in [4.69, 9.17) is 20.6 Å². The number of rotatable bonds is 8. The SMILES string of the molecule is C#CCOc1cc(CNC(=O)N2CCC(COc3ccccc3)CC2)ccc1OC. The first-order chi connectivity index (χ1) is 14.7. The molecule has 1 N–H and O–H groups in total. The molecule has 0 unspecified atom stereocenters. The summed E-state index contributed by atoms with van der Waals surface area (Å²) in [6, 6.07) is 15.3. The van der Waals surface area contributed by atoms with Crippen LogP contribution in [0.1, 0.15) is 18.4 Å². The van der Waals surface area contributed by atoms with Crippen molar-refractivity contribution in [3.63, 3.8) is 0 Å². The number of nitrogens with zero attached hydrogens (tertiary/aromatic N) is 1. The van der Waals surface area contributed by atoms with E-state index < -0.39 is 0 Å². The van der Waals surface area contributed by atoms with Crippen molar-refractivity contribution in [1.29, 1.82) is 0 Å². The molecular formula is C24H28N2O4. The highest BCUT2D eigenvalue weighted by Gasteiger charge is 2.23. The smallest absolute Gasteiger partial charge is 0.317 e. The van der Waals surface area contributed by atoms with Gasteiger partial charge in [-0.1, -0.05) is 30.2 Å². The molecular weight excluding hydrogens is 380 g/mol. The standard InChI is InChI=1S/C24H28N2O4/c1-3-15-29-23-16-20(9-10-22(23)28-2)17-25-24(27)26-13-11-19(12-14-26)18-30-21-7-5-4-6-8-21/h1,4-10,16,19H,11-15,17-18H2,2H3,(H,25,27). The molecule has 0 atom stereocenters. The minimum atomic E-state index is -0.0562. The summed E-state index contributed by atoms with van der Waals surface area (Å²) in [6.45, 7) is 2.72. The molecule has 0 bridgehead atoms. The number of benzene rings is 2. The monoisotopic (exact) mass is 408 g/mol. The van der Waals surface area contributed by atoms with Crippen molar-refractivity contribution in [1.82, 2.24) is 10.2 Å². The number of methoxy groups -OCH3 is 1. The van der Waals surface area contributed by atoms with Crippen LogP contribution in [0.3, 0.4) is 0 Å². The van der Waals surface area contributed by atoms with E-state index in [-0.39, 0.29) is 12.6 Å². The maximum absolute atomic E-state index is 12.5. The molecule has 0 aromatic heterocycles. The van der Waals surface area contributed by atoms with E-state index in [1.54, 1.807) is 7.11 Å². The molecule has 1 heterocycles. The molecule has 0 aliphatic carbocycles. The first kappa shape index (κ1) is 21.4. The number of carbonyl (C=O) groups excluding carboxylic acids is 1. The summed E-state index contributed by atoms with van der Waals surface area (Å²) < 4.78 is 16.6. The Morgan fingerprint density at radius 2 is 1.90 bits per heavy atom. The van der Waals surface area contributed by atoms with Gasteiger partial charge in [0.2, 0.25) is 0 Å². The van der Waals surface area contributed by atoms with Crippen LogP contribution in [0.2, 0.25) is 0 Å². The molecule has 2 aromatic carbocycles. The first-order valence-corrected chi connectivity index (χ1v) is 10.1. The number of nitrogens with one attached hydrogen (secondary N) is 1. The van der Waals surface area contributed by atoms with Gasteiger partial charge in [-0.25, -0.2) is 4.79 Å². The van der Waals surface area contributed by atoms with Gasteiger partial charge >= 0.3 is 6.03 Å². The maximum atomic E-state index is 12.5. The van der Waals surface area contributed by atoms with Gasteiger partial charge in [0, 0.05) is 19.6 Å². The maximum Gasteiger partial charge on any atom is 0.317 e. The largest absolute Gasteiger partial charge is 0.493 e. The second-order valence-corrected chi connectivity index (χ2v) is 7.19. The number of hydrogen-bond donors (Lipinski definition) is 1. The van der Waals surface area contributed by atoms with E-state index in [1.807, 2.05) is 53.4 Å². The summed E-state index contributed by atoms with van der Waals surface area (Å²) in [5.74, 6) is 4.98. The van der Waals surface area contributed by atoms with Crippen LogP contribution in [0, 0.1) is 18.3 Å². The van der Waals surface area contributed by atoms with E-state index in [2.05, 4.69) is 11.2 Å². The summed E-state index contributed by atoms with van der Waals surface area (Å²) in [5.41, 5.74) is 0.919. The summed E-state index contributed by atoms with van der Waals surface area (Å²) in [5, 5.41) is 2.98. The Bertz CT molecular complexity index is 855. The first-order valence-electron chi connectivity index (χ1n) is 10.1. The zero-order valence-corrected chi connectivity index (χ0v) is 17.3. The molecule has 1 fully saturated rings. The number of carbonyl (C=O) groups is 1. The Kier molecular flexibility index (Phi) is 7.85. The van der Waals surface area contributed by atoms with Crippen LogP contribution in [0.25, 0.3) is 0 Å². The Balaban J connectivity index is 1.43. The average molecular weight is 408 g/mol. The third-order valence-electron chi connectivity index (χ3n) is 5.11. The number of hydrogen-bond acceptors (Lipinski definition) is 4. The summed E-state index contributed by atoms with van der Waals surface area (Å²) in [7, 11) is 1.58. The second-order valence-electron chi connectivity index (χ2n) is 7.19. The van der Waals surface area contributed by atoms with E-state index in [0.717, 1.165) is 37.2 Å². The molecule has 6 heteroatoms. The van der Waals surface area contributed by atoms with Gasteiger partial charge in [-0.2, -0.15) is 0 Å². The number of urea groups is 1. The Labute approximate surface area is 178 Å². The fourth-order valence-corrected chi connectivity index (χ4v) is 3.39. The topological polar surface area (TPSA) is 60.0 Å². The molecule has 1 saturated heterocycles. The van der Waals surface area contributed by atoms with Crippen molar-refractivity contribution in [2.75, 3.05) is 33.4 Å².